The van der Waals surface area contributed by atoms with Gasteiger partial charge in [-0.2, -0.15) is 4.98 Å². The second-order valence-electron chi connectivity index (χ2n) is 5.48. The Balaban J connectivity index is 2.00. The van der Waals surface area contributed by atoms with Gasteiger partial charge in [0.25, 0.3) is 0 Å². The average Bonchev–Trinajstić information content (AvgIpc) is 2.42. The predicted octanol–water partition coefficient (Wildman–Crippen LogP) is 3.37. The highest BCUT2D eigenvalue weighted by Crippen LogP contribution is 2.27. The van der Waals surface area contributed by atoms with Crippen LogP contribution in [0.3, 0.4) is 0 Å². The monoisotopic (exact) mass is 278 g/mol. The zero-order valence-electron chi connectivity index (χ0n) is 12.4. The fourth-order valence-corrected chi connectivity index (χ4v) is 2.60. The molecule has 0 amide bonds. The van der Waals surface area contributed by atoms with Gasteiger partial charge in [-0.1, -0.05) is 39.0 Å². The maximum absolute atomic E-state index is 6.10. The van der Waals surface area contributed by atoms with Crippen molar-refractivity contribution >= 4 is 11.5 Å². The molecule has 1 aromatic rings. The van der Waals surface area contributed by atoms with E-state index in [0.29, 0.717) is 24.2 Å². The van der Waals surface area contributed by atoms with Crippen LogP contribution in [0.5, 0.6) is 5.88 Å². The molecule has 1 fully saturated rings. The smallest absolute Gasteiger partial charge is 0.242 e. The summed E-state index contributed by atoms with van der Waals surface area (Å²) in [4.78, 5) is 8.37. The SMILES string of the molecule is CCCOc1ncnc(NC2CCCCCCC2)c1N. The van der Waals surface area contributed by atoms with Crippen molar-refractivity contribution in [1.82, 2.24) is 9.97 Å². The minimum atomic E-state index is 0.464. The molecule has 0 spiro atoms. The van der Waals surface area contributed by atoms with Gasteiger partial charge in [0.1, 0.15) is 12.0 Å². The summed E-state index contributed by atoms with van der Waals surface area (Å²) in [6, 6.07) is 0.464. The molecule has 0 radical (unpaired) electrons. The van der Waals surface area contributed by atoms with Crippen molar-refractivity contribution in [2.75, 3.05) is 17.7 Å². The number of ether oxygens (including phenoxy) is 1. The second kappa shape index (κ2) is 7.92. The van der Waals surface area contributed by atoms with Gasteiger partial charge in [-0.3, -0.25) is 0 Å². The predicted molar refractivity (Wildman–Crippen MR) is 82.0 cm³/mol. The lowest BCUT2D eigenvalue weighted by atomic mass is 9.97. The molecular weight excluding hydrogens is 252 g/mol. The Hall–Kier alpha value is -1.52. The van der Waals surface area contributed by atoms with Gasteiger partial charge in [0.05, 0.1) is 6.61 Å². The number of hydrogen-bond donors (Lipinski definition) is 2. The summed E-state index contributed by atoms with van der Waals surface area (Å²) in [5, 5.41) is 3.48. The normalized spacial score (nSPS) is 17.2. The van der Waals surface area contributed by atoms with Gasteiger partial charge >= 0.3 is 0 Å². The van der Waals surface area contributed by atoms with Crippen LogP contribution in [0.2, 0.25) is 0 Å². The summed E-state index contributed by atoms with van der Waals surface area (Å²) in [5.74, 6) is 1.21. The van der Waals surface area contributed by atoms with E-state index in [1.165, 1.54) is 51.3 Å². The molecule has 1 aliphatic carbocycles. The lowest BCUT2D eigenvalue weighted by Crippen LogP contribution is -2.22. The van der Waals surface area contributed by atoms with E-state index in [1.54, 1.807) is 0 Å². The topological polar surface area (TPSA) is 73.1 Å². The van der Waals surface area contributed by atoms with Gasteiger partial charge in [0.2, 0.25) is 5.88 Å². The van der Waals surface area contributed by atoms with Crippen molar-refractivity contribution in [3.05, 3.63) is 6.33 Å². The van der Waals surface area contributed by atoms with Crippen molar-refractivity contribution in [2.45, 2.75) is 64.3 Å². The lowest BCUT2D eigenvalue weighted by molar-refractivity contribution is 0.306. The van der Waals surface area contributed by atoms with Crippen LogP contribution in [0.4, 0.5) is 11.5 Å². The number of nitrogens with zero attached hydrogens (tertiary/aromatic N) is 2. The number of anilines is 2. The molecule has 112 valence electrons. The van der Waals surface area contributed by atoms with E-state index < -0.39 is 0 Å². The van der Waals surface area contributed by atoms with Gasteiger partial charge < -0.3 is 15.8 Å². The highest BCUT2D eigenvalue weighted by Gasteiger charge is 2.15. The molecule has 0 saturated heterocycles. The molecule has 0 aliphatic heterocycles. The van der Waals surface area contributed by atoms with Crippen LogP contribution in [0.1, 0.15) is 58.3 Å². The van der Waals surface area contributed by atoms with Crippen LogP contribution < -0.4 is 15.8 Å². The molecule has 0 aromatic carbocycles. The van der Waals surface area contributed by atoms with Crippen LogP contribution in [-0.2, 0) is 0 Å². The molecule has 2 rings (SSSR count). The highest BCUT2D eigenvalue weighted by atomic mass is 16.5. The Bertz CT molecular complexity index is 403. The molecule has 3 N–H and O–H groups in total. The molecule has 1 aliphatic rings. The van der Waals surface area contributed by atoms with Crippen molar-refractivity contribution < 1.29 is 4.74 Å². The number of nitrogen functional groups attached to an aromatic ring is 1. The molecule has 5 nitrogen and oxygen atoms in total. The standard InChI is InChI=1S/C15H26N4O/c1-2-10-20-15-13(16)14(17-11-18-15)19-12-8-6-4-3-5-7-9-12/h11-12H,2-10,16H2,1H3,(H,17,18,19). The summed E-state index contributed by atoms with van der Waals surface area (Å²) in [5.41, 5.74) is 6.63. The van der Waals surface area contributed by atoms with E-state index in [1.807, 2.05) is 0 Å². The van der Waals surface area contributed by atoms with Crippen LogP contribution in [0.25, 0.3) is 0 Å². The van der Waals surface area contributed by atoms with Crippen molar-refractivity contribution in [1.29, 1.82) is 0 Å². The molecule has 1 heterocycles. The number of nitrogens with one attached hydrogen (secondary N) is 1. The molecule has 20 heavy (non-hydrogen) atoms. The Kier molecular flexibility index (Phi) is 5.89. The van der Waals surface area contributed by atoms with Crippen LogP contribution in [0.15, 0.2) is 6.33 Å². The number of nitrogens with two attached hydrogens (primary N) is 1. The van der Waals surface area contributed by atoms with Gasteiger partial charge in [-0.05, 0) is 19.3 Å². The Morgan fingerprint density at radius 1 is 1.20 bits per heavy atom. The fourth-order valence-electron chi connectivity index (χ4n) is 2.60. The molecule has 5 heteroatoms. The quantitative estimate of drug-likeness (QED) is 0.864. The van der Waals surface area contributed by atoms with Crippen LogP contribution in [-0.4, -0.2) is 22.6 Å². The first-order valence-electron chi connectivity index (χ1n) is 7.81. The van der Waals surface area contributed by atoms with E-state index in [-0.39, 0.29) is 0 Å². The van der Waals surface area contributed by atoms with Gasteiger partial charge in [-0.15, -0.1) is 0 Å². The zero-order chi connectivity index (χ0) is 14.2. The fraction of sp³-hybridized carbons (Fsp3) is 0.733. The summed E-state index contributed by atoms with van der Waals surface area (Å²) >= 11 is 0. The third kappa shape index (κ3) is 4.25. The lowest BCUT2D eigenvalue weighted by Gasteiger charge is -2.22. The maximum Gasteiger partial charge on any atom is 0.242 e. The van der Waals surface area contributed by atoms with E-state index in [4.69, 9.17) is 10.5 Å². The molecule has 1 saturated carbocycles. The average molecular weight is 278 g/mol. The molecule has 0 atom stereocenters. The second-order valence-corrected chi connectivity index (χ2v) is 5.48. The molecular formula is C15H26N4O. The van der Waals surface area contributed by atoms with Gasteiger partial charge in [0.15, 0.2) is 5.82 Å². The minimum absolute atomic E-state index is 0.464. The van der Waals surface area contributed by atoms with E-state index in [9.17, 15) is 0 Å². The molecule has 0 bridgehead atoms. The third-order valence-corrected chi connectivity index (χ3v) is 3.74. The molecule has 0 unspecified atom stereocenters. The largest absolute Gasteiger partial charge is 0.476 e. The van der Waals surface area contributed by atoms with Crippen molar-refractivity contribution in [3.8, 4) is 5.88 Å². The van der Waals surface area contributed by atoms with Crippen molar-refractivity contribution in [3.63, 3.8) is 0 Å². The first-order chi connectivity index (χ1) is 9.81. The number of hydrogen-bond acceptors (Lipinski definition) is 5. The van der Waals surface area contributed by atoms with E-state index in [0.717, 1.165) is 12.2 Å². The number of rotatable bonds is 5. The summed E-state index contributed by atoms with van der Waals surface area (Å²) in [6.07, 6.45) is 11.4. The zero-order valence-corrected chi connectivity index (χ0v) is 12.4. The molecule has 1 aromatic heterocycles. The van der Waals surface area contributed by atoms with Crippen LogP contribution >= 0.6 is 0 Å². The Morgan fingerprint density at radius 3 is 2.60 bits per heavy atom. The first-order valence-corrected chi connectivity index (χ1v) is 7.81. The van der Waals surface area contributed by atoms with E-state index in [2.05, 4.69) is 22.2 Å². The summed E-state index contributed by atoms with van der Waals surface area (Å²) < 4.78 is 5.54. The number of aromatic nitrogens is 2. The minimum Gasteiger partial charge on any atom is -0.476 e. The first kappa shape index (κ1) is 14.9. The maximum atomic E-state index is 6.10. The van der Waals surface area contributed by atoms with Crippen LogP contribution in [0, 0.1) is 0 Å². The third-order valence-electron chi connectivity index (χ3n) is 3.74. The highest BCUT2D eigenvalue weighted by molar-refractivity contribution is 5.66. The van der Waals surface area contributed by atoms with Crippen molar-refractivity contribution in [2.24, 2.45) is 0 Å². The summed E-state index contributed by atoms with van der Waals surface area (Å²) in [7, 11) is 0. The Labute approximate surface area is 121 Å². The van der Waals surface area contributed by atoms with E-state index >= 15 is 0 Å². The van der Waals surface area contributed by atoms with Gasteiger partial charge in [0, 0.05) is 6.04 Å². The summed E-state index contributed by atoms with van der Waals surface area (Å²) in [6.45, 7) is 2.69. The Morgan fingerprint density at radius 2 is 1.90 bits per heavy atom. The van der Waals surface area contributed by atoms with Gasteiger partial charge in [-0.25, -0.2) is 4.98 Å².